The number of fused-ring (bicyclic) bond motifs is 1. The monoisotopic (exact) mass is 405 g/mol. The summed E-state index contributed by atoms with van der Waals surface area (Å²) in [6.07, 6.45) is 6.98. The molecule has 1 heterocycles. The number of halogens is 1. The summed E-state index contributed by atoms with van der Waals surface area (Å²) < 4.78 is 1.80. The van der Waals surface area contributed by atoms with E-state index < -0.39 is 0 Å². The van der Waals surface area contributed by atoms with Crippen molar-refractivity contribution >= 4 is 40.2 Å². The van der Waals surface area contributed by atoms with Gasteiger partial charge in [-0.1, -0.05) is 48.7 Å². The fraction of sp³-hybridized carbons (Fsp3) is 0.450. The van der Waals surface area contributed by atoms with E-state index in [-0.39, 0.29) is 22.8 Å². The lowest BCUT2D eigenvalue weighted by Gasteiger charge is -2.26. The second kappa shape index (κ2) is 8.93. The van der Waals surface area contributed by atoms with Crippen LogP contribution in [0.2, 0.25) is 5.02 Å². The lowest BCUT2D eigenvalue weighted by molar-refractivity contribution is -0.120. The van der Waals surface area contributed by atoms with Gasteiger partial charge in [-0.05, 0) is 38.0 Å². The largest absolute Gasteiger partial charge is 0.352 e. The Labute approximate surface area is 168 Å². The van der Waals surface area contributed by atoms with E-state index in [4.69, 9.17) is 16.6 Å². The second-order valence-electron chi connectivity index (χ2n) is 6.82. The number of amides is 1. The molecule has 1 fully saturated rings. The molecule has 1 aromatic carbocycles. The number of thioether (sulfide) groups is 1. The minimum Gasteiger partial charge on any atom is -0.352 e. The first-order valence-electron chi connectivity index (χ1n) is 9.28. The molecule has 3 rings (SSSR count). The Morgan fingerprint density at radius 3 is 2.89 bits per heavy atom. The number of carbonyl (C=O) groups is 1. The number of carbonyl (C=O) groups excluding carboxylic acids is 1. The van der Waals surface area contributed by atoms with Crippen molar-refractivity contribution < 1.29 is 4.79 Å². The summed E-state index contributed by atoms with van der Waals surface area (Å²) in [7, 11) is 0. The maximum atomic E-state index is 13.2. The number of rotatable bonds is 6. The lowest BCUT2D eigenvalue weighted by Crippen LogP contribution is -2.33. The zero-order valence-corrected chi connectivity index (χ0v) is 17.0. The third-order valence-corrected chi connectivity index (χ3v) is 6.14. The summed E-state index contributed by atoms with van der Waals surface area (Å²) in [6, 6.07) is 5.29. The zero-order valence-electron chi connectivity index (χ0n) is 15.4. The van der Waals surface area contributed by atoms with Crippen molar-refractivity contribution in [2.45, 2.75) is 55.5 Å². The highest BCUT2D eigenvalue weighted by Crippen LogP contribution is 2.32. The van der Waals surface area contributed by atoms with Crippen LogP contribution in [0.4, 0.5) is 0 Å². The van der Waals surface area contributed by atoms with Gasteiger partial charge in [-0.2, -0.15) is 0 Å². The van der Waals surface area contributed by atoms with E-state index in [1.807, 2.05) is 6.92 Å². The van der Waals surface area contributed by atoms with E-state index in [2.05, 4.69) is 11.9 Å². The first-order chi connectivity index (χ1) is 13.0. The summed E-state index contributed by atoms with van der Waals surface area (Å²) >= 11 is 7.42. The molecule has 0 unspecified atom stereocenters. The maximum Gasteiger partial charge on any atom is 0.262 e. The highest BCUT2D eigenvalue weighted by atomic mass is 35.5. The minimum absolute atomic E-state index is 0.0511. The number of hydrogen-bond acceptors (Lipinski definition) is 4. The molecule has 1 amide bonds. The molecule has 1 aromatic heterocycles. The topological polar surface area (TPSA) is 64.0 Å². The summed E-state index contributed by atoms with van der Waals surface area (Å²) in [6.45, 7) is 5.85. The van der Waals surface area contributed by atoms with E-state index in [1.54, 1.807) is 28.8 Å². The molecule has 2 aromatic rings. The van der Waals surface area contributed by atoms with Crippen LogP contribution in [0.1, 0.15) is 45.1 Å². The van der Waals surface area contributed by atoms with Gasteiger partial charge in [0.1, 0.15) is 0 Å². The molecule has 1 atom stereocenters. The third kappa shape index (κ3) is 4.55. The van der Waals surface area contributed by atoms with Gasteiger partial charge < -0.3 is 5.32 Å². The smallest absolute Gasteiger partial charge is 0.262 e. The zero-order chi connectivity index (χ0) is 19.4. The number of benzene rings is 1. The minimum atomic E-state index is -0.372. The first kappa shape index (κ1) is 20.0. The number of aromatic nitrogens is 2. The molecule has 0 radical (unpaired) electrons. The van der Waals surface area contributed by atoms with Gasteiger partial charge in [0.2, 0.25) is 5.91 Å². The lowest BCUT2D eigenvalue weighted by atomic mass is 9.95. The van der Waals surface area contributed by atoms with E-state index >= 15 is 0 Å². The standard InChI is InChI=1S/C20H24ClN3O2S/c1-3-11-22-18(25)13(2)27-20-23-17-12-14(21)9-10-16(17)19(26)24(20)15-7-5-4-6-8-15/h3,9-10,12-13,15H,1,4-8,11H2,2H3,(H,22,25)/t13-/m0/s1. The van der Waals surface area contributed by atoms with Gasteiger partial charge in [0.25, 0.3) is 5.56 Å². The molecule has 1 aliphatic carbocycles. The van der Waals surface area contributed by atoms with Crippen molar-refractivity contribution in [2.75, 3.05) is 6.54 Å². The molecule has 0 spiro atoms. The molecule has 0 saturated heterocycles. The van der Waals surface area contributed by atoms with Crippen LogP contribution in [0.25, 0.3) is 10.9 Å². The van der Waals surface area contributed by atoms with Gasteiger partial charge in [-0.25, -0.2) is 4.98 Å². The van der Waals surface area contributed by atoms with Crippen LogP contribution < -0.4 is 10.9 Å². The Kier molecular flexibility index (Phi) is 6.60. The van der Waals surface area contributed by atoms with Crippen LogP contribution in [0.5, 0.6) is 0 Å². The number of hydrogen-bond donors (Lipinski definition) is 1. The van der Waals surface area contributed by atoms with Crippen LogP contribution in [0.3, 0.4) is 0 Å². The maximum absolute atomic E-state index is 13.2. The molecule has 1 saturated carbocycles. The third-order valence-electron chi connectivity index (χ3n) is 4.84. The Bertz CT molecular complexity index is 906. The molecule has 7 heteroatoms. The molecule has 0 bridgehead atoms. The van der Waals surface area contributed by atoms with Gasteiger partial charge >= 0.3 is 0 Å². The number of nitrogens with zero attached hydrogens (tertiary/aromatic N) is 2. The van der Waals surface area contributed by atoms with Crippen molar-refractivity contribution in [3.63, 3.8) is 0 Å². The van der Waals surface area contributed by atoms with Crippen LogP contribution in [0, 0.1) is 0 Å². The number of nitrogens with one attached hydrogen (secondary N) is 1. The van der Waals surface area contributed by atoms with E-state index in [1.165, 1.54) is 18.2 Å². The Balaban J connectivity index is 2.03. The van der Waals surface area contributed by atoms with Crippen molar-refractivity contribution in [3.8, 4) is 0 Å². The summed E-state index contributed by atoms with van der Waals surface area (Å²) in [4.78, 5) is 30.2. The molecular weight excluding hydrogens is 382 g/mol. The SMILES string of the molecule is C=CCNC(=O)[C@H](C)Sc1nc2cc(Cl)ccc2c(=O)n1C1CCCCC1. The van der Waals surface area contributed by atoms with Crippen molar-refractivity contribution in [3.05, 3.63) is 46.2 Å². The van der Waals surface area contributed by atoms with E-state index in [0.29, 0.717) is 27.6 Å². The summed E-state index contributed by atoms with van der Waals surface area (Å²) in [5.41, 5.74) is 0.519. The van der Waals surface area contributed by atoms with Crippen LogP contribution >= 0.6 is 23.4 Å². The average Bonchev–Trinajstić information content (AvgIpc) is 2.66. The van der Waals surface area contributed by atoms with Crippen molar-refractivity contribution in [1.29, 1.82) is 0 Å². The van der Waals surface area contributed by atoms with Crippen molar-refractivity contribution in [1.82, 2.24) is 14.9 Å². The Morgan fingerprint density at radius 2 is 2.19 bits per heavy atom. The van der Waals surface area contributed by atoms with E-state index in [0.717, 1.165) is 25.7 Å². The normalized spacial score (nSPS) is 16.2. The fourth-order valence-electron chi connectivity index (χ4n) is 3.42. The molecule has 1 aliphatic rings. The Hall–Kier alpha value is -1.79. The fourth-order valence-corrected chi connectivity index (χ4v) is 4.59. The van der Waals surface area contributed by atoms with Crippen LogP contribution in [-0.2, 0) is 4.79 Å². The van der Waals surface area contributed by atoms with Gasteiger partial charge in [-0.15, -0.1) is 6.58 Å². The van der Waals surface area contributed by atoms with E-state index in [9.17, 15) is 9.59 Å². The Morgan fingerprint density at radius 1 is 1.44 bits per heavy atom. The van der Waals surface area contributed by atoms with Gasteiger partial charge in [0.15, 0.2) is 5.16 Å². The quantitative estimate of drug-likeness (QED) is 0.441. The van der Waals surface area contributed by atoms with Crippen LogP contribution in [0.15, 0.2) is 40.8 Å². The first-order valence-corrected chi connectivity index (χ1v) is 10.5. The predicted octanol–water partition coefficient (Wildman–Crippen LogP) is 4.34. The second-order valence-corrected chi connectivity index (χ2v) is 8.56. The average molecular weight is 406 g/mol. The van der Waals surface area contributed by atoms with Gasteiger partial charge in [-0.3, -0.25) is 14.2 Å². The van der Waals surface area contributed by atoms with Crippen LogP contribution in [-0.4, -0.2) is 27.3 Å². The summed E-state index contributed by atoms with van der Waals surface area (Å²) in [5.74, 6) is -0.101. The molecule has 1 N–H and O–H groups in total. The molecular formula is C20H24ClN3O2S. The molecule has 0 aliphatic heterocycles. The predicted molar refractivity (Wildman–Crippen MR) is 112 cm³/mol. The van der Waals surface area contributed by atoms with Gasteiger partial charge in [0.05, 0.1) is 16.2 Å². The summed E-state index contributed by atoms with van der Waals surface area (Å²) in [5, 5.41) is 4.12. The molecule has 144 valence electrons. The molecule has 5 nitrogen and oxygen atoms in total. The van der Waals surface area contributed by atoms with Gasteiger partial charge in [0, 0.05) is 17.6 Å². The molecule has 27 heavy (non-hydrogen) atoms. The van der Waals surface area contributed by atoms with Crippen molar-refractivity contribution in [2.24, 2.45) is 0 Å². The highest BCUT2D eigenvalue weighted by molar-refractivity contribution is 8.00. The highest BCUT2D eigenvalue weighted by Gasteiger charge is 2.24.